The van der Waals surface area contributed by atoms with Crippen LogP contribution in [0.25, 0.3) is 0 Å². The van der Waals surface area contributed by atoms with Crippen molar-refractivity contribution < 1.29 is 8.42 Å². The summed E-state index contributed by atoms with van der Waals surface area (Å²) in [5.74, 6) is 0. The topological polar surface area (TPSA) is 46.2 Å². The van der Waals surface area contributed by atoms with E-state index in [0.29, 0.717) is 22.4 Å². The molecule has 1 aliphatic rings. The van der Waals surface area contributed by atoms with E-state index in [-0.39, 0.29) is 5.25 Å². The zero-order chi connectivity index (χ0) is 14.6. The molecular formula is C15H22ClNO2S. The maximum atomic E-state index is 12.6. The van der Waals surface area contributed by atoms with Gasteiger partial charge in [-0.3, -0.25) is 0 Å². The Morgan fingerprint density at radius 2 is 1.95 bits per heavy atom. The minimum absolute atomic E-state index is 0.271. The molecule has 0 bridgehead atoms. The van der Waals surface area contributed by atoms with Crippen molar-refractivity contribution in [3.63, 3.8) is 0 Å². The third kappa shape index (κ3) is 3.74. The Morgan fingerprint density at radius 3 is 2.60 bits per heavy atom. The molecule has 1 fully saturated rings. The average molecular weight is 316 g/mol. The average Bonchev–Trinajstić information content (AvgIpc) is 2.46. The second-order valence-electron chi connectivity index (χ2n) is 5.44. The highest BCUT2D eigenvalue weighted by molar-refractivity contribution is 7.92. The standard InChI is InChI=1S/C15H22ClNO2S/c1-2-10-17-13-4-3-5-15(11-13)20(18,19)14-8-6-12(16)7-9-14/h6-9,13,15,17H,2-5,10-11H2,1H3. The van der Waals surface area contributed by atoms with Gasteiger partial charge in [-0.2, -0.15) is 0 Å². The summed E-state index contributed by atoms with van der Waals surface area (Å²) in [6.07, 6.45) is 4.59. The fourth-order valence-corrected chi connectivity index (χ4v) is 4.77. The maximum Gasteiger partial charge on any atom is 0.181 e. The lowest BCUT2D eigenvalue weighted by molar-refractivity contribution is 0.372. The summed E-state index contributed by atoms with van der Waals surface area (Å²) >= 11 is 5.82. The van der Waals surface area contributed by atoms with Crippen molar-refractivity contribution in [3.8, 4) is 0 Å². The van der Waals surface area contributed by atoms with Gasteiger partial charge < -0.3 is 5.32 Å². The van der Waals surface area contributed by atoms with E-state index < -0.39 is 9.84 Å². The number of nitrogens with one attached hydrogen (secondary N) is 1. The van der Waals surface area contributed by atoms with Gasteiger partial charge in [0.25, 0.3) is 0 Å². The van der Waals surface area contributed by atoms with Crippen molar-refractivity contribution in [1.82, 2.24) is 5.32 Å². The van der Waals surface area contributed by atoms with E-state index in [1.54, 1.807) is 24.3 Å². The molecule has 0 aromatic heterocycles. The van der Waals surface area contributed by atoms with Gasteiger partial charge in [-0.1, -0.05) is 24.9 Å². The van der Waals surface area contributed by atoms with E-state index in [1.165, 1.54) is 0 Å². The molecule has 2 rings (SSSR count). The highest BCUT2D eigenvalue weighted by Gasteiger charge is 2.32. The SMILES string of the molecule is CCCNC1CCCC(S(=O)(=O)c2ccc(Cl)cc2)C1. The number of benzene rings is 1. The Bertz CT molecular complexity index is 527. The summed E-state index contributed by atoms with van der Waals surface area (Å²) in [6, 6.07) is 6.84. The molecule has 1 N–H and O–H groups in total. The van der Waals surface area contributed by atoms with E-state index in [9.17, 15) is 8.42 Å². The predicted molar refractivity (Wildman–Crippen MR) is 83.0 cm³/mol. The van der Waals surface area contributed by atoms with Crippen LogP contribution in [0, 0.1) is 0 Å². The minimum Gasteiger partial charge on any atom is -0.314 e. The molecule has 112 valence electrons. The van der Waals surface area contributed by atoms with Crippen LogP contribution in [0.2, 0.25) is 5.02 Å². The molecule has 1 aromatic carbocycles. The summed E-state index contributed by atoms with van der Waals surface area (Å²) in [4.78, 5) is 0.392. The zero-order valence-electron chi connectivity index (χ0n) is 11.8. The van der Waals surface area contributed by atoms with Gasteiger partial charge >= 0.3 is 0 Å². The van der Waals surface area contributed by atoms with Crippen LogP contribution in [0.3, 0.4) is 0 Å². The second kappa shape index (κ2) is 6.92. The molecule has 3 nitrogen and oxygen atoms in total. The van der Waals surface area contributed by atoms with Crippen LogP contribution in [-0.4, -0.2) is 26.3 Å². The Labute approximate surface area is 126 Å². The van der Waals surface area contributed by atoms with E-state index in [1.807, 2.05) is 0 Å². The van der Waals surface area contributed by atoms with Crippen LogP contribution < -0.4 is 5.32 Å². The molecule has 0 heterocycles. The molecule has 0 spiro atoms. The quantitative estimate of drug-likeness (QED) is 0.905. The van der Waals surface area contributed by atoms with Gasteiger partial charge in [0.2, 0.25) is 0 Å². The van der Waals surface area contributed by atoms with Gasteiger partial charge in [-0.05, 0) is 56.5 Å². The lowest BCUT2D eigenvalue weighted by atomic mass is 9.95. The Kier molecular flexibility index (Phi) is 5.47. The first kappa shape index (κ1) is 15.8. The van der Waals surface area contributed by atoms with Gasteiger partial charge in [0.15, 0.2) is 9.84 Å². The Balaban J connectivity index is 2.10. The molecule has 2 atom stereocenters. The summed E-state index contributed by atoms with van der Waals surface area (Å²) in [5, 5.41) is 3.74. The third-order valence-electron chi connectivity index (χ3n) is 3.89. The number of hydrogen-bond acceptors (Lipinski definition) is 3. The van der Waals surface area contributed by atoms with E-state index in [0.717, 1.165) is 32.2 Å². The molecule has 5 heteroatoms. The van der Waals surface area contributed by atoms with Gasteiger partial charge in [0, 0.05) is 11.1 Å². The van der Waals surface area contributed by atoms with Gasteiger partial charge in [0.1, 0.15) is 0 Å². The van der Waals surface area contributed by atoms with Crippen molar-refractivity contribution >= 4 is 21.4 Å². The summed E-state index contributed by atoms with van der Waals surface area (Å²) in [6.45, 7) is 3.08. The molecule has 2 unspecified atom stereocenters. The van der Waals surface area contributed by atoms with E-state index >= 15 is 0 Å². The highest BCUT2D eigenvalue weighted by Crippen LogP contribution is 2.29. The fourth-order valence-electron chi connectivity index (χ4n) is 2.78. The fraction of sp³-hybridized carbons (Fsp3) is 0.600. The van der Waals surface area contributed by atoms with Gasteiger partial charge in [0.05, 0.1) is 10.1 Å². The van der Waals surface area contributed by atoms with Crippen LogP contribution >= 0.6 is 11.6 Å². The maximum absolute atomic E-state index is 12.6. The van der Waals surface area contributed by atoms with E-state index in [4.69, 9.17) is 11.6 Å². The molecule has 1 saturated carbocycles. The molecule has 1 aliphatic carbocycles. The van der Waals surface area contributed by atoms with Crippen molar-refractivity contribution in [2.75, 3.05) is 6.54 Å². The molecule has 0 radical (unpaired) electrons. The second-order valence-corrected chi connectivity index (χ2v) is 8.10. The molecule has 0 aliphatic heterocycles. The molecule has 20 heavy (non-hydrogen) atoms. The Morgan fingerprint density at radius 1 is 1.25 bits per heavy atom. The molecule has 0 saturated heterocycles. The van der Waals surface area contributed by atoms with Crippen LogP contribution in [0.5, 0.6) is 0 Å². The van der Waals surface area contributed by atoms with Gasteiger partial charge in [-0.15, -0.1) is 0 Å². The number of halogens is 1. The monoisotopic (exact) mass is 315 g/mol. The van der Waals surface area contributed by atoms with Crippen molar-refractivity contribution in [3.05, 3.63) is 29.3 Å². The van der Waals surface area contributed by atoms with Crippen molar-refractivity contribution in [2.45, 2.75) is 55.2 Å². The summed E-state index contributed by atoms with van der Waals surface area (Å²) in [7, 11) is -3.24. The lowest BCUT2D eigenvalue weighted by Gasteiger charge is -2.29. The van der Waals surface area contributed by atoms with Crippen LogP contribution in [0.1, 0.15) is 39.0 Å². The van der Waals surface area contributed by atoms with Crippen LogP contribution in [0.4, 0.5) is 0 Å². The largest absolute Gasteiger partial charge is 0.314 e. The Hall–Kier alpha value is -0.580. The van der Waals surface area contributed by atoms with E-state index in [2.05, 4.69) is 12.2 Å². The van der Waals surface area contributed by atoms with Crippen LogP contribution in [0.15, 0.2) is 29.2 Å². The van der Waals surface area contributed by atoms with Gasteiger partial charge in [-0.25, -0.2) is 8.42 Å². The summed E-state index contributed by atoms with van der Waals surface area (Å²) < 4.78 is 25.3. The highest BCUT2D eigenvalue weighted by atomic mass is 35.5. The first-order chi connectivity index (χ1) is 9.54. The molecule has 1 aromatic rings. The first-order valence-corrected chi connectivity index (χ1v) is 9.19. The smallest absolute Gasteiger partial charge is 0.181 e. The molecule has 0 amide bonds. The molecular weight excluding hydrogens is 294 g/mol. The number of sulfone groups is 1. The zero-order valence-corrected chi connectivity index (χ0v) is 13.4. The number of hydrogen-bond donors (Lipinski definition) is 1. The lowest BCUT2D eigenvalue weighted by Crippen LogP contribution is -2.39. The van der Waals surface area contributed by atoms with Crippen molar-refractivity contribution in [1.29, 1.82) is 0 Å². The third-order valence-corrected chi connectivity index (χ3v) is 6.38. The number of rotatable bonds is 5. The normalized spacial score (nSPS) is 23.7. The summed E-state index contributed by atoms with van der Waals surface area (Å²) in [5.41, 5.74) is 0. The predicted octanol–water partition coefficient (Wildman–Crippen LogP) is 3.42. The van der Waals surface area contributed by atoms with Crippen molar-refractivity contribution in [2.24, 2.45) is 0 Å². The first-order valence-electron chi connectivity index (χ1n) is 7.27. The minimum atomic E-state index is -3.24. The van der Waals surface area contributed by atoms with Crippen LogP contribution in [-0.2, 0) is 9.84 Å².